The lowest BCUT2D eigenvalue weighted by molar-refractivity contribution is -0.141. The number of nitrogens with zero attached hydrogens (tertiary/aromatic N) is 4. The second-order valence-electron chi connectivity index (χ2n) is 6.91. The molecule has 3 rings (SSSR count). The standard InChI is InChI=1S/C17H18F7N5O/c18-15(19)10-6-12(16(20)21)29(26-10)8-14(30)25-4-1-5-28-11(9-2-3-9)7-13(27-28)17(22,23)24/h6-7,9,15-16H,1-5,8H2,(H,25,30). The average molecular weight is 441 g/mol. The van der Waals surface area contributed by atoms with Crippen LogP contribution in [0.3, 0.4) is 0 Å². The maximum atomic E-state index is 12.9. The van der Waals surface area contributed by atoms with E-state index in [0.29, 0.717) is 16.4 Å². The molecule has 1 N–H and O–H groups in total. The lowest BCUT2D eigenvalue weighted by Gasteiger charge is -2.09. The Balaban J connectivity index is 1.53. The third-order valence-electron chi connectivity index (χ3n) is 4.54. The Labute approximate surface area is 166 Å². The Hall–Kier alpha value is -2.60. The van der Waals surface area contributed by atoms with Crippen molar-refractivity contribution in [2.45, 2.75) is 57.3 Å². The van der Waals surface area contributed by atoms with Gasteiger partial charge in [0, 0.05) is 24.7 Å². The van der Waals surface area contributed by atoms with Gasteiger partial charge in [-0.2, -0.15) is 23.4 Å². The molecule has 0 unspecified atom stereocenters. The van der Waals surface area contributed by atoms with E-state index in [1.807, 2.05) is 0 Å². The van der Waals surface area contributed by atoms with Crippen LogP contribution >= 0.6 is 0 Å². The number of carbonyl (C=O) groups is 1. The summed E-state index contributed by atoms with van der Waals surface area (Å²) in [5, 5.41) is 9.32. The van der Waals surface area contributed by atoms with E-state index in [9.17, 15) is 35.5 Å². The Kier molecular flexibility index (Phi) is 6.36. The fourth-order valence-corrected chi connectivity index (χ4v) is 2.97. The Morgan fingerprint density at radius 2 is 1.80 bits per heavy atom. The second kappa shape index (κ2) is 8.64. The van der Waals surface area contributed by atoms with Gasteiger partial charge in [0.05, 0.1) is 0 Å². The smallest absolute Gasteiger partial charge is 0.354 e. The molecule has 1 fully saturated rings. The van der Waals surface area contributed by atoms with Crippen LogP contribution in [-0.4, -0.2) is 32.0 Å². The normalized spacial score (nSPS) is 14.7. The van der Waals surface area contributed by atoms with Gasteiger partial charge >= 0.3 is 6.18 Å². The number of rotatable bonds is 9. The summed E-state index contributed by atoms with van der Waals surface area (Å²) in [6.07, 6.45) is -8.86. The Morgan fingerprint density at radius 1 is 1.10 bits per heavy atom. The zero-order chi connectivity index (χ0) is 22.1. The third kappa shape index (κ3) is 5.30. The number of carbonyl (C=O) groups excluding carboxylic acids is 1. The first-order valence-electron chi connectivity index (χ1n) is 9.12. The summed E-state index contributed by atoms with van der Waals surface area (Å²) >= 11 is 0. The lowest BCUT2D eigenvalue weighted by Crippen LogP contribution is -2.30. The molecule has 0 atom stereocenters. The molecule has 1 aliphatic rings. The van der Waals surface area contributed by atoms with E-state index in [4.69, 9.17) is 0 Å². The Bertz CT molecular complexity index is 886. The van der Waals surface area contributed by atoms with Gasteiger partial charge in [0.1, 0.15) is 17.9 Å². The molecular formula is C17H18F7N5O. The maximum absolute atomic E-state index is 12.9. The van der Waals surface area contributed by atoms with Gasteiger partial charge in [-0.1, -0.05) is 0 Å². The summed E-state index contributed by atoms with van der Waals surface area (Å²) in [5.41, 5.74) is -2.14. The molecule has 0 radical (unpaired) electrons. The number of hydrogen-bond donors (Lipinski definition) is 1. The molecule has 0 aliphatic heterocycles. The molecule has 1 aliphatic carbocycles. The number of hydrogen-bond acceptors (Lipinski definition) is 3. The number of nitrogens with one attached hydrogen (secondary N) is 1. The van der Waals surface area contributed by atoms with Crippen LogP contribution in [0, 0.1) is 0 Å². The molecule has 0 saturated heterocycles. The maximum Gasteiger partial charge on any atom is 0.435 e. The molecule has 0 spiro atoms. The highest BCUT2D eigenvalue weighted by molar-refractivity contribution is 5.75. The quantitative estimate of drug-likeness (QED) is 0.472. The predicted octanol–water partition coefficient (Wildman–Crippen LogP) is 4.06. The van der Waals surface area contributed by atoms with Gasteiger partial charge in [0.25, 0.3) is 12.9 Å². The number of halogens is 7. The summed E-state index contributed by atoms with van der Waals surface area (Å²) in [6.45, 7) is -0.515. The zero-order valence-corrected chi connectivity index (χ0v) is 15.5. The van der Waals surface area contributed by atoms with Crippen LogP contribution < -0.4 is 5.32 Å². The second-order valence-corrected chi connectivity index (χ2v) is 6.91. The summed E-state index contributed by atoms with van der Waals surface area (Å²) in [4.78, 5) is 11.9. The summed E-state index contributed by atoms with van der Waals surface area (Å²) in [5.74, 6) is -0.695. The number of aromatic nitrogens is 4. The highest BCUT2D eigenvalue weighted by Gasteiger charge is 2.37. The molecule has 2 aromatic heterocycles. The highest BCUT2D eigenvalue weighted by atomic mass is 19.4. The molecule has 2 aromatic rings. The van der Waals surface area contributed by atoms with Gasteiger partial charge in [-0.3, -0.25) is 14.2 Å². The van der Waals surface area contributed by atoms with Crippen molar-refractivity contribution in [3.05, 3.63) is 34.9 Å². The van der Waals surface area contributed by atoms with Crippen molar-refractivity contribution < 1.29 is 35.5 Å². The van der Waals surface area contributed by atoms with Crippen LogP contribution in [0.1, 0.15) is 60.8 Å². The minimum atomic E-state index is -4.55. The summed E-state index contributed by atoms with van der Waals surface area (Å²) in [6, 6.07) is 1.57. The minimum absolute atomic E-state index is 0.0388. The van der Waals surface area contributed by atoms with Crippen LogP contribution in [-0.2, 0) is 24.1 Å². The SMILES string of the molecule is O=C(Cn1nc(C(F)F)cc1C(F)F)NCCCn1nc(C(F)(F)F)cc1C1CC1. The lowest BCUT2D eigenvalue weighted by atomic mass is 10.2. The van der Waals surface area contributed by atoms with Crippen molar-refractivity contribution in [2.75, 3.05) is 6.54 Å². The molecule has 2 heterocycles. The molecule has 0 bridgehead atoms. The fraction of sp³-hybridized carbons (Fsp3) is 0.588. The Morgan fingerprint density at radius 3 is 2.37 bits per heavy atom. The summed E-state index contributed by atoms with van der Waals surface area (Å²) in [7, 11) is 0. The number of aryl methyl sites for hydroxylation is 1. The topological polar surface area (TPSA) is 64.7 Å². The predicted molar refractivity (Wildman–Crippen MR) is 89.0 cm³/mol. The first-order chi connectivity index (χ1) is 14.1. The first kappa shape index (κ1) is 22.1. The fourth-order valence-electron chi connectivity index (χ4n) is 2.97. The van der Waals surface area contributed by atoms with Crippen molar-refractivity contribution in [1.82, 2.24) is 24.9 Å². The molecule has 1 saturated carbocycles. The number of alkyl halides is 7. The van der Waals surface area contributed by atoms with Gasteiger partial charge in [0.2, 0.25) is 5.91 Å². The largest absolute Gasteiger partial charge is 0.435 e. The zero-order valence-electron chi connectivity index (χ0n) is 15.5. The van der Waals surface area contributed by atoms with Gasteiger partial charge < -0.3 is 5.32 Å². The average Bonchev–Trinajstić information content (AvgIpc) is 3.23. The van der Waals surface area contributed by atoms with Gasteiger partial charge in [-0.15, -0.1) is 0 Å². The van der Waals surface area contributed by atoms with Crippen LogP contribution in [0.25, 0.3) is 0 Å². The van der Waals surface area contributed by atoms with E-state index >= 15 is 0 Å². The van der Waals surface area contributed by atoms with E-state index in [2.05, 4.69) is 15.5 Å². The van der Waals surface area contributed by atoms with Crippen molar-refractivity contribution in [3.8, 4) is 0 Å². The monoisotopic (exact) mass is 441 g/mol. The molecule has 166 valence electrons. The van der Waals surface area contributed by atoms with E-state index in [1.54, 1.807) is 0 Å². The third-order valence-corrected chi connectivity index (χ3v) is 4.54. The van der Waals surface area contributed by atoms with Crippen molar-refractivity contribution in [1.29, 1.82) is 0 Å². The van der Waals surface area contributed by atoms with Crippen LogP contribution in [0.5, 0.6) is 0 Å². The van der Waals surface area contributed by atoms with Crippen molar-refractivity contribution in [2.24, 2.45) is 0 Å². The first-order valence-corrected chi connectivity index (χ1v) is 9.12. The molecule has 0 aromatic carbocycles. The van der Waals surface area contributed by atoms with Crippen molar-refractivity contribution >= 4 is 5.91 Å². The van der Waals surface area contributed by atoms with Crippen LogP contribution in [0.15, 0.2) is 12.1 Å². The highest BCUT2D eigenvalue weighted by Crippen LogP contribution is 2.42. The molecule has 13 heteroatoms. The van der Waals surface area contributed by atoms with E-state index in [1.165, 1.54) is 4.68 Å². The summed E-state index contributed by atoms with van der Waals surface area (Å²) < 4.78 is 91.5. The van der Waals surface area contributed by atoms with Gasteiger partial charge in [-0.25, -0.2) is 17.6 Å². The van der Waals surface area contributed by atoms with Gasteiger partial charge in [0.15, 0.2) is 5.69 Å². The van der Waals surface area contributed by atoms with E-state index in [-0.39, 0.29) is 25.4 Å². The van der Waals surface area contributed by atoms with Crippen LogP contribution in [0.2, 0.25) is 0 Å². The van der Waals surface area contributed by atoms with Crippen molar-refractivity contribution in [3.63, 3.8) is 0 Å². The molecule has 1 amide bonds. The van der Waals surface area contributed by atoms with Gasteiger partial charge in [-0.05, 0) is 31.4 Å². The van der Waals surface area contributed by atoms with Crippen LogP contribution in [0.4, 0.5) is 30.7 Å². The molecular weight excluding hydrogens is 423 g/mol. The molecule has 30 heavy (non-hydrogen) atoms. The van der Waals surface area contributed by atoms with E-state index < -0.39 is 48.6 Å². The molecule has 6 nitrogen and oxygen atoms in total. The van der Waals surface area contributed by atoms with E-state index in [0.717, 1.165) is 18.9 Å². The minimum Gasteiger partial charge on any atom is -0.354 e. The number of amides is 1.